The molecule has 0 unspecified atom stereocenters. The number of rotatable bonds is 6. The first-order chi connectivity index (χ1) is 13.7. The molecular formula is C20H19N5O3. The van der Waals surface area contributed by atoms with Crippen LogP contribution in [0, 0.1) is 0 Å². The molecule has 142 valence electrons. The van der Waals surface area contributed by atoms with Crippen LogP contribution in [0.25, 0.3) is 0 Å². The molecule has 2 heterocycles. The molecule has 0 radical (unpaired) electrons. The smallest absolute Gasteiger partial charge is 0.258 e. The van der Waals surface area contributed by atoms with Gasteiger partial charge in [0.1, 0.15) is 12.1 Å². The molecule has 0 spiro atoms. The van der Waals surface area contributed by atoms with Crippen LogP contribution in [-0.4, -0.2) is 33.2 Å². The number of anilines is 1. The van der Waals surface area contributed by atoms with Crippen LogP contribution in [0.15, 0.2) is 60.9 Å². The molecule has 1 aliphatic heterocycles. The third-order valence-electron chi connectivity index (χ3n) is 4.47. The fourth-order valence-corrected chi connectivity index (χ4v) is 3.13. The maximum absolute atomic E-state index is 12.2. The summed E-state index contributed by atoms with van der Waals surface area (Å²) in [5.41, 5.74) is 1.79. The largest absolute Gasteiger partial charge is 0.483 e. The van der Waals surface area contributed by atoms with E-state index in [0.29, 0.717) is 18.2 Å². The van der Waals surface area contributed by atoms with E-state index in [1.807, 2.05) is 48.5 Å². The Balaban J connectivity index is 1.44. The minimum atomic E-state index is -0.338. The number of carbonyl (C=O) groups is 2. The summed E-state index contributed by atoms with van der Waals surface area (Å²) >= 11 is 0. The molecule has 0 saturated carbocycles. The summed E-state index contributed by atoms with van der Waals surface area (Å²) in [5.74, 6) is 0.581. The molecule has 2 N–H and O–H groups in total. The first-order valence-corrected chi connectivity index (χ1v) is 8.92. The lowest BCUT2D eigenvalue weighted by molar-refractivity contribution is -0.123. The molecule has 0 aliphatic carbocycles. The van der Waals surface area contributed by atoms with Crippen LogP contribution < -0.4 is 15.4 Å². The molecule has 3 aromatic rings. The van der Waals surface area contributed by atoms with E-state index in [2.05, 4.69) is 20.7 Å². The third kappa shape index (κ3) is 3.85. The SMILES string of the molecule is O=C(COc1ccccc1[C@@H]1CC(=O)Nc2ncnn21)NCc1ccccc1. The average molecular weight is 377 g/mol. The average Bonchev–Trinajstić information content (AvgIpc) is 3.19. The molecule has 28 heavy (non-hydrogen) atoms. The highest BCUT2D eigenvalue weighted by Gasteiger charge is 2.29. The van der Waals surface area contributed by atoms with Gasteiger partial charge in [0.25, 0.3) is 5.91 Å². The first kappa shape index (κ1) is 17.7. The molecule has 8 nitrogen and oxygen atoms in total. The Hall–Kier alpha value is -3.68. The Labute approximate surface area is 161 Å². The van der Waals surface area contributed by atoms with Crippen molar-refractivity contribution in [2.45, 2.75) is 19.0 Å². The number of nitrogens with one attached hydrogen (secondary N) is 2. The number of aromatic nitrogens is 3. The summed E-state index contributed by atoms with van der Waals surface area (Å²) in [6, 6.07) is 16.7. The summed E-state index contributed by atoms with van der Waals surface area (Å²) in [7, 11) is 0. The van der Waals surface area contributed by atoms with Gasteiger partial charge in [-0.2, -0.15) is 10.1 Å². The predicted molar refractivity (Wildman–Crippen MR) is 102 cm³/mol. The highest BCUT2D eigenvalue weighted by Crippen LogP contribution is 2.33. The van der Waals surface area contributed by atoms with Crippen LogP contribution in [0.5, 0.6) is 5.75 Å². The first-order valence-electron chi connectivity index (χ1n) is 8.92. The topological polar surface area (TPSA) is 98.1 Å². The van der Waals surface area contributed by atoms with Gasteiger partial charge in [-0.25, -0.2) is 4.68 Å². The van der Waals surface area contributed by atoms with Gasteiger partial charge in [0, 0.05) is 12.1 Å². The monoisotopic (exact) mass is 377 g/mol. The zero-order valence-electron chi connectivity index (χ0n) is 15.0. The van der Waals surface area contributed by atoms with Crippen molar-refractivity contribution in [1.82, 2.24) is 20.1 Å². The van der Waals surface area contributed by atoms with E-state index in [-0.39, 0.29) is 30.9 Å². The summed E-state index contributed by atoms with van der Waals surface area (Å²) in [6.45, 7) is 0.322. The van der Waals surface area contributed by atoms with E-state index in [0.717, 1.165) is 11.1 Å². The molecule has 8 heteroatoms. The van der Waals surface area contributed by atoms with Crippen LogP contribution in [0.3, 0.4) is 0 Å². The lowest BCUT2D eigenvalue weighted by Crippen LogP contribution is -2.30. The molecule has 2 aromatic carbocycles. The molecule has 2 amide bonds. The molecule has 0 bridgehead atoms. The predicted octanol–water partition coefficient (Wildman–Crippen LogP) is 1.90. The van der Waals surface area contributed by atoms with Gasteiger partial charge in [-0.05, 0) is 11.6 Å². The minimum Gasteiger partial charge on any atom is -0.483 e. The Morgan fingerprint density at radius 3 is 2.82 bits per heavy atom. The molecule has 4 rings (SSSR count). The minimum absolute atomic E-state index is 0.118. The lowest BCUT2D eigenvalue weighted by atomic mass is 10.0. The highest BCUT2D eigenvalue weighted by molar-refractivity contribution is 5.91. The fraction of sp³-hybridized carbons (Fsp3) is 0.200. The van der Waals surface area contributed by atoms with E-state index in [9.17, 15) is 9.59 Å². The highest BCUT2D eigenvalue weighted by atomic mass is 16.5. The van der Waals surface area contributed by atoms with Crippen LogP contribution in [0.1, 0.15) is 23.6 Å². The summed E-state index contributed by atoms with van der Waals surface area (Å²) in [5, 5.41) is 9.72. The van der Waals surface area contributed by atoms with Crippen molar-refractivity contribution in [2.24, 2.45) is 0 Å². The van der Waals surface area contributed by atoms with Crippen molar-refractivity contribution in [1.29, 1.82) is 0 Å². The van der Waals surface area contributed by atoms with E-state index in [1.165, 1.54) is 6.33 Å². The van der Waals surface area contributed by atoms with Crippen LogP contribution >= 0.6 is 0 Å². The van der Waals surface area contributed by atoms with Gasteiger partial charge in [0.05, 0.1) is 12.5 Å². The summed E-state index contributed by atoms with van der Waals surface area (Å²) in [6.07, 6.45) is 1.62. The number of fused-ring (bicyclic) bond motifs is 1. The Morgan fingerprint density at radius 1 is 1.18 bits per heavy atom. The third-order valence-corrected chi connectivity index (χ3v) is 4.47. The van der Waals surface area contributed by atoms with Crippen molar-refractivity contribution in [2.75, 3.05) is 11.9 Å². The molecular weight excluding hydrogens is 358 g/mol. The van der Waals surface area contributed by atoms with Crippen LogP contribution in [0.4, 0.5) is 5.95 Å². The van der Waals surface area contributed by atoms with Gasteiger partial charge < -0.3 is 10.1 Å². The maximum Gasteiger partial charge on any atom is 0.258 e. The van der Waals surface area contributed by atoms with E-state index in [4.69, 9.17) is 4.74 Å². The summed E-state index contributed by atoms with van der Waals surface area (Å²) < 4.78 is 7.41. The Morgan fingerprint density at radius 2 is 1.96 bits per heavy atom. The molecule has 1 aromatic heterocycles. The number of ether oxygens (including phenoxy) is 1. The lowest BCUT2D eigenvalue weighted by Gasteiger charge is -2.25. The zero-order chi connectivity index (χ0) is 19.3. The van der Waals surface area contributed by atoms with Gasteiger partial charge in [-0.15, -0.1) is 0 Å². The van der Waals surface area contributed by atoms with Crippen molar-refractivity contribution in [3.8, 4) is 5.75 Å². The van der Waals surface area contributed by atoms with Crippen LogP contribution in [-0.2, 0) is 16.1 Å². The number of amides is 2. The number of benzene rings is 2. The normalized spacial score (nSPS) is 15.4. The van der Waals surface area contributed by atoms with Crippen LogP contribution in [0.2, 0.25) is 0 Å². The molecule has 1 aliphatic rings. The van der Waals surface area contributed by atoms with Crippen molar-refractivity contribution < 1.29 is 14.3 Å². The second-order valence-corrected chi connectivity index (χ2v) is 6.39. The maximum atomic E-state index is 12.2. The molecule has 0 fully saturated rings. The Kier molecular flexibility index (Phi) is 5.01. The standard InChI is InChI=1S/C20H19N5O3/c26-18-10-16(25-20(24-18)22-13-23-25)15-8-4-5-9-17(15)28-12-19(27)21-11-14-6-2-1-3-7-14/h1-9,13,16H,10-12H2,(H,21,27)(H,22,23,24,26)/t16-/m0/s1. The van der Waals surface area contributed by atoms with Gasteiger partial charge in [-0.3, -0.25) is 14.9 Å². The zero-order valence-corrected chi connectivity index (χ0v) is 15.0. The second-order valence-electron chi connectivity index (χ2n) is 6.39. The quantitative estimate of drug-likeness (QED) is 0.684. The second kappa shape index (κ2) is 7.91. The van der Waals surface area contributed by atoms with E-state index >= 15 is 0 Å². The van der Waals surface area contributed by atoms with Crippen molar-refractivity contribution in [3.05, 3.63) is 72.1 Å². The number of nitrogens with zero attached hydrogens (tertiary/aromatic N) is 3. The molecule has 0 saturated heterocycles. The molecule has 1 atom stereocenters. The van der Waals surface area contributed by atoms with Gasteiger partial charge in [0.2, 0.25) is 11.9 Å². The number of carbonyl (C=O) groups excluding carboxylic acids is 2. The number of hydrogen-bond acceptors (Lipinski definition) is 5. The fourth-order valence-electron chi connectivity index (χ4n) is 3.13. The van der Waals surface area contributed by atoms with Crippen molar-refractivity contribution >= 4 is 17.8 Å². The van der Waals surface area contributed by atoms with Gasteiger partial charge >= 0.3 is 0 Å². The van der Waals surface area contributed by atoms with E-state index < -0.39 is 0 Å². The summed E-state index contributed by atoms with van der Waals surface area (Å²) in [4.78, 5) is 28.2. The Bertz CT molecular complexity index is 986. The number of hydrogen-bond donors (Lipinski definition) is 2. The van der Waals surface area contributed by atoms with Crippen molar-refractivity contribution in [3.63, 3.8) is 0 Å². The number of para-hydroxylation sites is 1. The van der Waals surface area contributed by atoms with Gasteiger partial charge in [-0.1, -0.05) is 48.5 Å². The van der Waals surface area contributed by atoms with E-state index in [1.54, 1.807) is 10.7 Å². The van der Waals surface area contributed by atoms with Gasteiger partial charge in [0.15, 0.2) is 6.61 Å².